The van der Waals surface area contributed by atoms with Crippen molar-refractivity contribution in [2.24, 2.45) is 0 Å². The number of carbonyl (C=O) groups excluding carboxylic acids is 2. The molecule has 3 N–H and O–H groups in total. The van der Waals surface area contributed by atoms with Gasteiger partial charge in [0.15, 0.2) is 5.82 Å². The first-order chi connectivity index (χ1) is 13.7. The fourth-order valence-electron chi connectivity index (χ4n) is 2.70. The van der Waals surface area contributed by atoms with Crippen LogP contribution in [-0.4, -0.2) is 28.3 Å². The van der Waals surface area contributed by atoms with E-state index in [0.717, 1.165) is 0 Å². The topological polar surface area (TPSA) is 86.4 Å². The molecule has 0 aliphatic carbocycles. The Morgan fingerprint density at radius 3 is 2.72 bits per heavy atom. The molecule has 0 spiro atoms. The van der Waals surface area contributed by atoms with Crippen molar-refractivity contribution in [1.29, 1.82) is 0 Å². The van der Waals surface area contributed by atoms with Gasteiger partial charge in [0.25, 0.3) is 11.8 Å². The predicted molar refractivity (Wildman–Crippen MR) is 127 cm³/mol. The molecule has 7 nitrogen and oxygen atoms in total. The summed E-state index contributed by atoms with van der Waals surface area (Å²) in [7, 11) is 1.51. The van der Waals surface area contributed by atoms with Gasteiger partial charge in [-0.05, 0) is 75.3 Å². The van der Waals surface area contributed by atoms with Crippen LogP contribution in [0, 0.1) is 6.92 Å². The van der Waals surface area contributed by atoms with Crippen molar-refractivity contribution in [2.45, 2.75) is 11.4 Å². The van der Waals surface area contributed by atoms with Gasteiger partial charge in [0.1, 0.15) is 0 Å². The van der Waals surface area contributed by atoms with Crippen LogP contribution in [0.25, 0.3) is 0 Å². The maximum Gasteiger partial charge on any atom is 0.262 e. The second-order valence-electron chi connectivity index (χ2n) is 6.10. The average molecular weight is 611 g/mol. The van der Waals surface area contributed by atoms with E-state index < -0.39 is 10.4 Å². The van der Waals surface area contributed by atoms with Gasteiger partial charge >= 0.3 is 0 Å². The molecule has 11 heteroatoms. The van der Waals surface area contributed by atoms with Gasteiger partial charge < -0.3 is 10.6 Å². The molecule has 2 amide bonds. The van der Waals surface area contributed by atoms with Crippen molar-refractivity contribution in [3.05, 3.63) is 61.4 Å². The zero-order valence-corrected chi connectivity index (χ0v) is 20.4. The fourth-order valence-corrected chi connectivity index (χ4v) is 4.23. The number of hydrogen-bond acceptors (Lipinski definition) is 5. The molecule has 29 heavy (non-hydrogen) atoms. The van der Waals surface area contributed by atoms with E-state index in [1.54, 1.807) is 42.5 Å². The molecule has 0 bridgehead atoms. The summed E-state index contributed by atoms with van der Waals surface area (Å²) in [4.78, 5) is 29.7. The molecule has 1 aliphatic heterocycles. The van der Waals surface area contributed by atoms with Crippen LogP contribution in [0.4, 0.5) is 11.5 Å². The zero-order chi connectivity index (χ0) is 21.3. The Bertz CT molecular complexity index is 1040. The highest BCUT2D eigenvalue weighted by Gasteiger charge is 2.45. The van der Waals surface area contributed by atoms with Crippen LogP contribution >= 0.6 is 61.7 Å². The zero-order valence-electron chi connectivity index (χ0n) is 15.2. The van der Waals surface area contributed by atoms with Crippen molar-refractivity contribution >= 4 is 85.0 Å². The van der Waals surface area contributed by atoms with E-state index in [1.165, 1.54) is 13.1 Å². The minimum absolute atomic E-state index is 0.267. The first-order valence-electron chi connectivity index (χ1n) is 8.25. The first kappa shape index (κ1) is 22.3. The van der Waals surface area contributed by atoms with Crippen molar-refractivity contribution in [2.75, 3.05) is 17.4 Å². The lowest BCUT2D eigenvalue weighted by Gasteiger charge is -2.26. The normalized spacial score (nSPS) is 18.4. The lowest BCUT2D eigenvalue weighted by molar-refractivity contribution is -0.117. The van der Waals surface area contributed by atoms with E-state index in [9.17, 15) is 9.59 Å². The average Bonchev–Trinajstić information content (AvgIpc) is 2.99. The number of benzene rings is 1. The van der Waals surface area contributed by atoms with Crippen LogP contribution in [0.1, 0.15) is 15.9 Å². The quantitative estimate of drug-likeness (QED) is 0.272. The summed E-state index contributed by atoms with van der Waals surface area (Å²) in [6.45, 7) is 1.76. The molecule has 1 aromatic carbocycles. The highest BCUT2D eigenvalue weighted by atomic mass is 127. The number of hydrazine groups is 1. The summed E-state index contributed by atoms with van der Waals surface area (Å²) in [5, 5.41) is 7.77. The summed E-state index contributed by atoms with van der Waals surface area (Å²) in [5.74, 6) is -0.338. The number of hydrogen-bond donors (Lipinski definition) is 3. The van der Waals surface area contributed by atoms with E-state index in [2.05, 4.69) is 37.0 Å². The maximum absolute atomic E-state index is 13.2. The van der Waals surface area contributed by atoms with E-state index >= 15 is 0 Å². The van der Waals surface area contributed by atoms with Gasteiger partial charge in [-0.3, -0.25) is 14.6 Å². The highest BCUT2D eigenvalue weighted by Crippen LogP contribution is 2.39. The summed E-state index contributed by atoms with van der Waals surface area (Å²) >= 11 is 17.8. The third-order valence-electron chi connectivity index (χ3n) is 4.14. The number of nitrogens with one attached hydrogen (secondary N) is 3. The molecule has 0 fully saturated rings. The third-order valence-corrected chi connectivity index (χ3v) is 7.44. The molecular weight excluding hydrogens is 596 g/mol. The number of alkyl halides is 1. The molecule has 1 aliphatic rings. The SMILES string of the molecule is CNC(=O)c1cc(Cl)cc(C)c1NC(=O)C1(Br)NN(c2ncccc2Cl)C=C1I. The fraction of sp³-hybridized carbons (Fsp3) is 0.167. The largest absolute Gasteiger partial charge is 0.355 e. The van der Waals surface area contributed by atoms with Crippen LogP contribution in [-0.2, 0) is 4.79 Å². The number of aromatic nitrogens is 1. The molecule has 1 aromatic heterocycles. The number of anilines is 2. The number of carbonyl (C=O) groups is 2. The Morgan fingerprint density at radius 1 is 1.34 bits per heavy atom. The summed E-state index contributed by atoms with van der Waals surface area (Å²) < 4.78 is -0.636. The van der Waals surface area contributed by atoms with E-state index in [-0.39, 0.29) is 11.5 Å². The predicted octanol–water partition coefficient (Wildman–Crippen LogP) is 4.39. The number of aryl methyl sites for hydroxylation is 1. The number of nitrogens with zero attached hydrogens (tertiary/aromatic N) is 2. The van der Waals surface area contributed by atoms with Crippen molar-refractivity contribution in [1.82, 2.24) is 15.7 Å². The Labute approximate surface area is 199 Å². The number of halogens is 4. The molecule has 0 saturated carbocycles. The lowest BCUT2D eigenvalue weighted by atomic mass is 10.1. The van der Waals surface area contributed by atoms with Crippen LogP contribution in [0.2, 0.25) is 10.0 Å². The lowest BCUT2D eigenvalue weighted by Crippen LogP contribution is -2.51. The van der Waals surface area contributed by atoms with Gasteiger partial charge in [0, 0.05) is 24.5 Å². The standard InChI is InChI=1S/C18H15BrCl2IN5O2/c1-9-6-10(20)7-11(16(28)23-2)14(9)25-17(29)18(19)13(22)8-27(26-18)15-12(21)4-3-5-24-15/h3-8,26H,1-2H3,(H,23,28)(H,25,29). The van der Waals surface area contributed by atoms with Crippen molar-refractivity contribution < 1.29 is 9.59 Å². The second-order valence-corrected chi connectivity index (χ2v) is 9.30. The minimum atomic E-state index is -1.28. The maximum atomic E-state index is 13.2. The van der Waals surface area contributed by atoms with Crippen LogP contribution < -0.4 is 21.1 Å². The minimum Gasteiger partial charge on any atom is -0.355 e. The van der Waals surface area contributed by atoms with Crippen LogP contribution in [0.3, 0.4) is 0 Å². The van der Waals surface area contributed by atoms with Gasteiger partial charge in [-0.1, -0.05) is 23.2 Å². The molecule has 0 saturated heterocycles. The highest BCUT2D eigenvalue weighted by molar-refractivity contribution is 14.1. The molecule has 1 unspecified atom stereocenters. The van der Waals surface area contributed by atoms with Crippen LogP contribution in [0.5, 0.6) is 0 Å². The Balaban J connectivity index is 1.91. The monoisotopic (exact) mass is 609 g/mol. The Kier molecular flexibility index (Phi) is 6.74. The number of rotatable bonds is 4. The smallest absolute Gasteiger partial charge is 0.262 e. The molecule has 2 aromatic rings. The van der Waals surface area contributed by atoms with Gasteiger partial charge in [-0.25, -0.2) is 4.98 Å². The molecule has 1 atom stereocenters. The summed E-state index contributed by atoms with van der Waals surface area (Å²) in [5.41, 5.74) is 4.35. The Morgan fingerprint density at radius 2 is 2.07 bits per heavy atom. The van der Waals surface area contributed by atoms with Gasteiger partial charge in [0.2, 0.25) is 4.45 Å². The van der Waals surface area contributed by atoms with Crippen LogP contribution in [0.15, 0.2) is 40.2 Å². The summed E-state index contributed by atoms with van der Waals surface area (Å²) in [6, 6.07) is 6.60. The van der Waals surface area contributed by atoms with Gasteiger partial charge in [-0.2, -0.15) is 5.43 Å². The van der Waals surface area contributed by atoms with Gasteiger partial charge in [0.05, 0.1) is 19.9 Å². The van der Waals surface area contributed by atoms with Crippen molar-refractivity contribution in [3.8, 4) is 0 Å². The molecule has 2 heterocycles. The van der Waals surface area contributed by atoms with Crippen molar-refractivity contribution in [3.63, 3.8) is 0 Å². The Hall–Kier alpha value is -1.40. The number of pyridine rings is 1. The third kappa shape index (κ3) is 4.38. The van der Waals surface area contributed by atoms with Gasteiger partial charge in [-0.15, -0.1) is 0 Å². The van der Waals surface area contributed by atoms with E-state index in [1.807, 2.05) is 22.6 Å². The molecular formula is C18H15BrCl2IN5O2. The number of amides is 2. The van der Waals surface area contributed by atoms with E-state index in [4.69, 9.17) is 23.2 Å². The van der Waals surface area contributed by atoms with E-state index in [0.29, 0.717) is 30.7 Å². The molecule has 152 valence electrons. The first-order valence-corrected chi connectivity index (χ1v) is 10.9. The molecule has 3 rings (SSSR count). The summed E-state index contributed by atoms with van der Waals surface area (Å²) in [6.07, 6.45) is 3.31. The molecule has 0 radical (unpaired) electrons. The second kappa shape index (κ2) is 8.76.